The first kappa shape index (κ1) is 11.6. The zero-order chi connectivity index (χ0) is 11.3. The lowest BCUT2D eigenvalue weighted by molar-refractivity contribution is -0.139. The number of methoxy groups -OCH3 is 2. The van der Waals surface area contributed by atoms with Crippen molar-refractivity contribution >= 4 is 11.9 Å². The molecular formula is C10H15NO4. The van der Waals surface area contributed by atoms with E-state index in [-0.39, 0.29) is 11.7 Å². The van der Waals surface area contributed by atoms with Crippen LogP contribution in [0, 0.1) is 0 Å². The van der Waals surface area contributed by atoms with E-state index in [0.29, 0.717) is 13.0 Å². The van der Waals surface area contributed by atoms with Crippen molar-refractivity contribution in [1.29, 1.82) is 0 Å². The Bertz CT molecular complexity index is 285. The third-order valence-corrected chi connectivity index (χ3v) is 2.24. The van der Waals surface area contributed by atoms with Gasteiger partial charge in [-0.25, -0.2) is 4.79 Å². The number of ether oxygens (including phenoxy) is 2. The Morgan fingerprint density at radius 1 is 1.33 bits per heavy atom. The van der Waals surface area contributed by atoms with Crippen LogP contribution >= 0.6 is 0 Å². The van der Waals surface area contributed by atoms with Gasteiger partial charge in [0.1, 0.15) is 0 Å². The van der Waals surface area contributed by atoms with Crippen molar-refractivity contribution in [2.24, 2.45) is 0 Å². The summed E-state index contributed by atoms with van der Waals surface area (Å²) in [5.41, 5.74) is 0. The number of hydrogen-bond donors (Lipinski definition) is 0. The molecule has 1 heterocycles. The lowest BCUT2D eigenvalue weighted by Gasteiger charge is -2.23. The topological polar surface area (TPSA) is 55.8 Å². The Kier molecular flexibility index (Phi) is 4.15. The Balaban J connectivity index is 2.73. The molecule has 1 amide bonds. The summed E-state index contributed by atoms with van der Waals surface area (Å²) in [6, 6.07) is 0. The molecule has 0 aliphatic carbocycles. The van der Waals surface area contributed by atoms with Crippen LogP contribution in [-0.4, -0.2) is 37.5 Å². The highest BCUT2D eigenvalue weighted by molar-refractivity contribution is 5.87. The molecule has 0 saturated carbocycles. The highest BCUT2D eigenvalue weighted by Gasteiger charge is 2.19. The molecule has 5 heteroatoms. The molecule has 0 unspecified atom stereocenters. The molecule has 0 radical (unpaired) electrons. The summed E-state index contributed by atoms with van der Waals surface area (Å²) < 4.78 is 9.36. The van der Waals surface area contributed by atoms with Crippen LogP contribution in [0.3, 0.4) is 0 Å². The van der Waals surface area contributed by atoms with Gasteiger partial charge in [-0.05, 0) is 12.8 Å². The average Bonchev–Trinajstić information content (AvgIpc) is 2.27. The van der Waals surface area contributed by atoms with Gasteiger partial charge in [0.25, 0.3) is 0 Å². The maximum Gasteiger partial charge on any atom is 0.374 e. The van der Waals surface area contributed by atoms with Gasteiger partial charge in [-0.2, -0.15) is 0 Å². The maximum atomic E-state index is 11.4. The summed E-state index contributed by atoms with van der Waals surface area (Å²) in [4.78, 5) is 24.1. The molecule has 0 N–H and O–H groups in total. The first-order valence-corrected chi connectivity index (χ1v) is 4.82. The van der Waals surface area contributed by atoms with Gasteiger partial charge in [-0.1, -0.05) is 0 Å². The quantitative estimate of drug-likeness (QED) is 0.392. The van der Waals surface area contributed by atoms with Gasteiger partial charge in [-0.3, -0.25) is 4.79 Å². The van der Waals surface area contributed by atoms with Crippen LogP contribution in [0.4, 0.5) is 0 Å². The van der Waals surface area contributed by atoms with Crippen molar-refractivity contribution < 1.29 is 19.1 Å². The maximum absolute atomic E-state index is 11.4. The second kappa shape index (κ2) is 5.38. The molecule has 15 heavy (non-hydrogen) atoms. The minimum absolute atomic E-state index is 0.0136. The van der Waals surface area contributed by atoms with Crippen molar-refractivity contribution in [1.82, 2.24) is 4.90 Å². The zero-order valence-corrected chi connectivity index (χ0v) is 8.99. The average molecular weight is 213 g/mol. The molecule has 0 bridgehead atoms. The number of esters is 1. The van der Waals surface area contributed by atoms with Gasteiger partial charge < -0.3 is 14.4 Å². The molecule has 0 aromatic heterocycles. The second-order valence-corrected chi connectivity index (χ2v) is 3.23. The predicted molar refractivity (Wildman–Crippen MR) is 52.7 cm³/mol. The Hall–Kier alpha value is -1.52. The fourth-order valence-electron chi connectivity index (χ4n) is 1.39. The van der Waals surface area contributed by atoms with E-state index in [0.717, 1.165) is 12.8 Å². The van der Waals surface area contributed by atoms with Gasteiger partial charge in [-0.15, -0.1) is 0 Å². The molecule has 1 saturated heterocycles. The first-order chi connectivity index (χ1) is 7.19. The number of amides is 1. The molecule has 0 spiro atoms. The number of piperidine rings is 1. The fourth-order valence-corrected chi connectivity index (χ4v) is 1.39. The van der Waals surface area contributed by atoms with E-state index in [1.54, 1.807) is 0 Å². The highest BCUT2D eigenvalue weighted by atomic mass is 16.6. The molecular weight excluding hydrogens is 198 g/mol. The van der Waals surface area contributed by atoms with E-state index in [4.69, 9.17) is 4.74 Å². The smallest absolute Gasteiger partial charge is 0.374 e. The van der Waals surface area contributed by atoms with Crippen molar-refractivity contribution in [2.75, 3.05) is 20.8 Å². The summed E-state index contributed by atoms with van der Waals surface area (Å²) >= 11 is 0. The zero-order valence-electron chi connectivity index (χ0n) is 8.99. The Labute approximate surface area is 88.6 Å². The lowest BCUT2D eigenvalue weighted by Crippen LogP contribution is -2.31. The summed E-state index contributed by atoms with van der Waals surface area (Å²) in [7, 11) is 2.64. The van der Waals surface area contributed by atoms with Gasteiger partial charge >= 0.3 is 5.97 Å². The summed E-state index contributed by atoms with van der Waals surface area (Å²) in [6.07, 6.45) is 3.78. The number of hydrogen-bond acceptors (Lipinski definition) is 4. The normalized spacial score (nSPS) is 17.6. The molecule has 1 fully saturated rings. The van der Waals surface area contributed by atoms with Crippen molar-refractivity contribution in [2.45, 2.75) is 19.3 Å². The molecule has 84 valence electrons. The van der Waals surface area contributed by atoms with E-state index in [1.807, 2.05) is 0 Å². The van der Waals surface area contributed by atoms with Crippen molar-refractivity contribution in [3.05, 3.63) is 12.0 Å². The van der Waals surface area contributed by atoms with Gasteiger partial charge in [0, 0.05) is 13.0 Å². The van der Waals surface area contributed by atoms with Crippen LogP contribution in [0.5, 0.6) is 0 Å². The van der Waals surface area contributed by atoms with Crippen LogP contribution in [-0.2, 0) is 19.1 Å². The summed E-state index contributed by atoms with van der Waals surface area (Å²) in [5, 5.41) is 0. The van der Waals surface area contributed by atoms with Gasteiger partial charge in [0.2, 0.25) is 11.7 Å². The largest absolute Gasteiger partial charge is 0.489 e. The third-order valence-electron chi connectivity index (χ3n) is 2.24. The predicted octanol–water partition coefficient (Wildman–Crippen LogP) is 0.660. The van der Waals surface area contributed by atoms with E-state index in [9.17, 15) is 9.59 Å². The fraction of sp³-hybridized carbons (Fsp3) is 0.600. The molecule has 1 aliphatic rings. The van der Waals surface area contributed by atoms with E-state index in [1.165, 1.54) is 25.3 Å². The highest BCUT2D eigenvalue weighted by Crippen LogP contribution is 2.12. The molecule has 5 nitrogen and oxygen atoms in total. The number of likely N-dealkylation sites (tertiary alicyclic amines) is 1. The van der Waals surface area contributed by atoms with Crippen LogP contribution < -0.4 is 0 Å². The van der Waals surface area contributed by atoms with Gasteiger partial charge in [0.15, 0.2) is 0 Å². The first-order valence-electron chi connectivity index (χ1n) is 4.82. The lowest BCUT2D eigenvalue weighted by atomic mass is 10.1. The van der Waals surface area contributed by atoms with E-state index in [2.05, 4.69) is 4.74 Å². The van der Waals surface area contributed by atoms with Crippen LogP contribution in [0.1, 0.15) is 19.3 Å². The van der Waals surface area contributed by atoms with E-state index < -0.39 is 5.97 Å². The monoisotopic (exact) mass is 213 g/mol. The van der Waals surface area contributed by atoms with Crippen LogP contribution in [0.25, 0.3) is 0 Å². The summed E-state index contributed by atoms with van der Waals surface area (Å²) in [5.74, 6) is -0.511. The molecule has 1 aliphatic heterocycles. The second-order valence-electron chi connectivity index (χ2n) is 3.23. The SMILES string of the molecule is COC(=O)/C(=C\N1CCCCC1=O)OC. The Morgan fingerprint density at radius 3 is 2.60 bits per heavy atom. The molecule has 0 atom stereocenters. The number of nitrogens with zero attached hydrogens (tertiary/aromatic N) is 1. The number of rotatable bonds is 3. The minimum atomic E-state index is -0.573. The van der Waals surface area contributed by atoms with E-state index >= 15 is 0 Å². The molecule has 0 aromatic rings. The van der Waals surface area contributed by atoms with Crippen molar-refractivity contribution in [3.63, 3.8) is 0 Å². The van der Waals surface area contributed by atoms with Gasteiger partial charge in [0.05, 0.1) is 20.4 Å². The number of carbonyl (C=O) groups excluding carboxylic acids is 2. The van der Waals surface area contributed by atoms with Crippen molar-refractivity contribution in [3.8, 4) is 0 Å². The summed E-state index contributed by atoms with van der Waals surface area (Å²) in [6.45, 7) is 0.628. The number of carbonyl (C=O) groups is 2. The standard InChI is InChI=1S/C10H15NO4/c1-14-8(10(13)15-2)7-11-6-4-3-5-9(11)12/h7H,3-6H2,1-2H3/b8-7+. The Morgan fingerprint density at radius 2 is 2.07 bits per heavy atom. The molecule has 1 rings (SSSR count). The molecule has 0 aromatic carbocycles. The van der Waals surface area contributed by atoms with Crippen LogP contribution in [0.2, 0.25) is 0 Å². The third kappa shape index (κ3) is 2.97. The minimum Gasteiger partial charge on any atom is -0.489 e. The van der Waals surface area contributed by atoms with Crippen LogP contribution in [0.15, 0.2) is 12.0 Å².